The molecule has 0 radical (unpaired) electrons. The zero-order chi connectivity index (χ0) is 58.5. The van der Waals surface area contributed by atoms with Crippen LogP contribution < -0.4 is 5.32 Å². The van der Waals surface area contributed by atoms with Crippen molar-refractivity contribution in [1.29, 1.82) is 0 Å². The van der Waals surface area contributed by atoms with Crippen molar-refractivity contribution >= 4 is 11.9 Å². The summed E-state index contributed by atoms with van der Waals surface area (Å²) in [6.45, 7) is 4.95. The van der Waals surface area contributed by atoms with Crippen molar-refractivity contribution in [1.82, 2.24) is 5.32 Å². The smallest absolute Gasteiger partial charge is 0.305 e. The Bertz CT molecular complexity index is 1270. The van der Waals surface area contributed by atoms with Gasteiger partial charge >= 0.3 is 5.97 Å². The first-order chi connectivity index (χ1) is 40.0. The molecule has 0 fully saturated rings. The predicted molar refractivity (Wildman–Crippen MR) is 356 cm³/mol. The van der Waals surface area contributed by atoms with Crippen molar-refractivity contribution in [3.63, 3.8) is 0 Å². The number of aliphatic hydroxyl groups is 2. The minimum absolute atomic E-state index is 0.0165. The molecule has 2 atom stereocenters. The highest BCUT2D eigenvalue weighted by atomic mass is 16.5. The van der Waals surface area contributed by atoms with Gasteiger partial charge in [0.05, 0.1) is 25.4 Å². The molecule has 0 heterocycles. The molecule has 0 aliphatic rings. The van der Waals surface area contributed by atoms with Gasteiger partial charge in [-0.05, 0) is 57.8 Å². The number of hydrogen-bond donors (Lipinski definition) is 3. The summed E-state index contributed by atoms with van der Waals surface area (Å²) in [5, 5.41) is 23.3. The monoisotopic (exact) mass is 1140 g/mol. The second kappa shape index (κ2) is 70.8. The molecule has 1 amide bonds. The number of unbranched alkanes of at least 4 members (excludes halogenated alkanes) is 57. The number of carbonyl (C=O) groups excluding carboxylic acids is 2. The molecule has 0 spiro atoms. The van der Waals surface area contributed by atoms with Crippen molar-refractivity contribution in [3.05, 3.63) is 24.3 Å². The SMILES string of the molecule is CCCCCCCC/C=C\CCCCCCCCCCCC(=O)OCCCCCCCCCCCCCCCCCCCCCCCCCCCC(=O)NC(CO)C(O)/C=C/CCCCCCCCCCCCCCCCCCCC. The molecule has 6 heteroatoms. The summed E-state index contributed by atoms with van der Waals surface area (Å²) < 4.78 is 5.51. The maximum absolute atomic E-state index is 12.5. The van der Waals surface area contributed by atoms with Crippen LogP contribution in [0.25, 0.3) is 0 Å². The van der Waals surface area contributed by atoms with Crippen LogP contribution in [0.1, 0.15) is 418 Å². The van der Waals surface area contributed by atoms with E-state index in [1.165, 1.54) is 353 Å². The van der Waals surface area contributed by atoms with E-state index in [1.54, 1.807) is 6.08 Å². The lowest BCUT2D eigenvalue weighted by Gasteiger charge is -2.20. The van der Waals surface area contributed by atoms with Crippen molar-refractivity contribution in [2.24, 2.45) is 0 Å². The number of ether oxygens (including phenoxy) is 1. The zero-order valence-corrected chi connectivity index (χ0v) is 55.0. The Morgan fingerprint density at radius 2 is 0.580 bits per heavy atom. The largest absolute Gasteiger partial charge is 0.466 e. The highest BCUT2D eigenvalue weighted by molar-refractivity contribution is 5.76. The summed E-state index contributed by atoms with van der Waals surface area (Å²) in [7, 11) is 0. The first-order valence-electron chi connectivity index (χ1n) is 37.1. The third kappa shape index (κ3) is 67.3. The Morgan fingerprint density at radius 3 is 0.877 bits per heavy atom. The molecule has 0 saturated carbocycles. The number of amides is 1. The van der Waals surface area contributed by atoms with Crippen LogP contribution in [0.5, 0.6) is 0 Å². The van der Waals surface area contributed by atoms with Gasteiger partial charge in [0.25, 0.3) is 0 Å². The Kier molecular flexibility index (Phi) is 69.4. The van der Waals surface area contributed by atoms with E-state index < -0.39 is 12.1 Å². The average molecular weight is 1140 g/mol. The van der Waals surface area contributed by atoms with Crippen LogP contribution in [-0.2, 0) is 14.3 Å². The molecule has 480 valence electrons. The topological polar surface area (TPSA) is 95.9 Å². The summed E-state index contributed by atoms with van der Waals surface area (Å²) in [4.78, 5) is 24.6. The Balaban J connectivity index is 3.37. The lowest BCUT2D eigenvalue weighted by atomic mass is 10.0. The number of allylic oxidation sites excluding steroid dienone is 3. The van der Waals surface area contributed by atoms with Gasteiger partial charge in [0.15, 0.2) is 0 Å². The van der Waals surface area contributed by atoms with Gasteiger partial charge in [0, 0.05) is 12.8 Å². The van der Waals surface area contributed by atoms with Gasteiger partial charge in [-0.25, -0.2) is 0 Å². The summed E-state index contributed by atoms with van der Waals surface area (Å²) >= 11 is 0. The molecule has 3 N–H and O–H groups in total. The lowest BCUT2D eigenvalue weighted by Crippen LogP contribution is -2.45. The van der Waals surface area contributed by atoms with Gasteiger partial charge in [-0.2, -0.15) is 0 Å². The summed E-state index contributed by atoms with van der Waals surface area (Å²) in [5.74, 6) is -0.0455. The van der Waals surface area contributed by atoms with E-state index >= 15 is 0 Å². The molecule has 2 unspecified atom stereocenters. The van der Waals surface area contributed by atoms with Crippen LogP contribution in [0.4, 0.5) is 0 Å². The molecule has 0 aromatic heterocycles. The van der Waals surface area contributed by atoms with Gasteiger partial charge in [0.1, 0.15) is 0 Å². The number of rotatable bonds is 70. The Labute approximate surface area is 507 Å². The second-order valence-electron chi connectivity index (χ2n) is 25.6. The molecule has 0 aliphatic carbocycles. The van der Waals surface area contributed by atoms with Crippen molar-refractivity contribution < 1.29 is 24.5 Å². The highest BCUT2D eigenvalue weighted by Gasteiger charge is 2.18. The molecule has 81 heavy (non-hydrogen) atoms. The number of esters is 1. The van der Waals surface area contributed by atoms with E-state index in [4.69, 9.17) is 4.74 Å². The molecular formula is C75H145NO5. The fourth-order valence-corrected chi connectivity index (χ4v) is 11.8. The molecular weight excluding hydrogens is 995 g/mol. The normalized spacial score (nSPS) is 12.6. The van der Waals surface area contributed by atoms with Crippen LogP contribution in [0, 0.1) is 0 Å². The summed E-state index contributed by atoms with van der Waals surface area (Å²) in [6, 6.07) is -0.627. The van der Waals surface area contributed by atoms with E-state index in [1.807, 2.05) is 6.08 Å². The Morgan fingerprint density at radius 1 is 0.333 bits per heavy atom. The minimum atomic E-state index is -0.844. The maximum atomic E-state index is 12.5. The molecule has 0 aromatic rings. The van der Waals surface area contributed by atoms with Crippen LogP contribution in [0.3, 0.4) is 0 Å². The highest BCUT2D eigenvalue weighted by Crippen LogP contribution is 2.19. The molecule has 0 aliphatic heterocycles. The molecule has 0 bridgehead atoms. The van der Waals surface area contributed by atoms with E-state index in [-0.39, 0.29) is 18.5 Å². The van der Waals surface area contributed by atoms with Gasteiger partial charge in [-0.15, -0.1) is 0 Å². The number of carbonyl (C=O) groups is 2. The van der Waals surface area contributed by atoms with Crippen molar-refractivity contribution in [3.8, 4) is 0 Å². The number of nitrogens with one attached hydrogen (secondary N) is 1. The maximum Gasteiger partial charge on any atom is 0.305 e. The van der Waals surface area contributed by atoms with E-state index in [0.29, 0.717) is 19.4 Å². The standard InChI is InChI=1S/C75H145NO5/c1-3-5-7-9-11-13-15-17-19-21-23-32-35-39-43-47-51-55-59-63-67-73(78)72(71-77)76-74(79)68-64-60-56-52-48-44-40-36-33-29-27-25-24-26-28-30-34-38-42-46-50-54-58-62-66-70-81-75(80)69-65-61-57-53-49-45-41-37-31-22-20-18-16-14-12-10-8-6-4-2/h18,20,63,67,72-73,77-78H,3-17,19,21-62,64-66,68-71H2,1-2H3,(H,76,79)/b20-18-,67-63+. The van der Waals surface area contributed by atoms with Crippen LogP contribution in [-0.4, -0.2) is 47.4 Å². The second-order valence-corrected chi connectivity index (χ2v) is 25.6. The zero-order valence-electron chi connectivity index (χ0n) is 55.0. The molecule has 0 aromatic carbocycles. The van der Waals surface area contributed by atoms with Crippen LogP contribution >= 0.6 is 0 Å². The van der Waals surface area contributed by atoms with Gasteiger partial charge < -0.3 is 20.3 Å². The number of aliphatic hydroxyl groups excluding tert-OH is 2. The van der Waals surface area contributed by atoms with Crippen molar-refractivity contribution in [2.75, 3.05) is 13.2 Å². The fraction of sp³-hybridized carbons (Fsp3) is 0.920. The predicted octanol–water partition coefficient (Wildman–Crippen LogP) is 24.1. The van der Waals surface area contributed by atoms with Crippen LogP contribution in [0.2, 0.25) is 0 Å². The summed E-state index contributed by atoms with van der Waals surface area (Å²) in [6.07, 6.45) is 89.8. The van der Waals surface area contributed by atoms with E-state index in [2.05, 4.69) is 31.3 Å². The third-order valence-electron chi connectivity index (χ3n) is 17.5. The Hall–Kier alpha value is -1.66. The molecule has 6 nitrogen and oxygen atoms in total. The minimum Gasteiger partial charge on any atom is -0.466 e. The molecule has 0 saturated heterocycles. The molecule has 0 rings (SSSR count). The third-order valence-corrected chi connectivity index (χ3v) is 17.5. The van der Waals surface area contributed by atoms with E-state index in [0.717, 1.165) is 38.5 Å². The van der Waals surface area contributed by atoms with Crippen LogP contribution in [0.15, 0.2) is 24.3 Å². The average Bonchev–Trinajstić information content (AvgIpc) is 3.47. The first-order valence-corrected chi connectivity index (χ1v) is 37.1. The number of hydrogen-bond acceptors (Lipinski definition) is 5. The fourth-order valence-electron chi connectivity index (χ4n) is 11.8. The van der Waals surface area contributed by atoms with Crippen molar-refractivity contribution in [2.45, 2.75) is 431 Å². The van der Waals surface area contributed by atoms with Gasteiger partial charge in [0.2, 0.25) is 5.91 Å². The summed E-state index contributed by atoms with van der Waals surface area (Å²) in [5.41, 5.74) is 0. The lowest BCUT2D eigenvalue weighted by molar-refractivity contribution is -0.143. The van der Waals surface area contributed by atoms with E-state index in [9.17, 15) is 19.8 Å². The quantitative estimate of drug-likeness (QED) is 0.0320. The van der Waals surface area contributed by atoms with Gasteiger partial charge in [-0.3, -0.25) is 9.59 Å². The van der Waals surface area contributed by atoms with Gasteiger partial charge in [-0.1, -0.05) is 372 Å². The first kappa shape index (κ1) is 79.3.